The minimum absolute atomic E-state index is 0.0407. The van der Waals surface area contributed by atoms with Crippen molar-refractivity contribution in [2.45, 2.75) is 24.2 Å². The average molecular weight is 886 g/mol. The largest absolute Gasteiger partial charge is 0.508 e. The minimum atomic E-state index is -1.67. The summed E-state index contributed by atoms with van der Waals surface area (Å²) in [7, 11) is 6.94. The number of imide groups is 2. The van der Waals surface area contributed by atoms with Crippen molar-refractivity contribution in [3.05, 3.63) is 142 Å². The molecule has 1 saturated carbocycles. The fourth-order valence-corrected chi connectivity index (χ4v) is 10.4. The van der Waals surface area contributed by atoms with Crippen molar-refractivity contribution < 1.29 is 33.8 Å². The van der Waals surface area contributed by atoms with Crippen LogP contribution in [-0.4, -0.2) is 62.1 Å². The fraction of sp³-hybridized carbons (Fsp3) is 0.250. The summed E-state index contributed by atoms with van der Waals surface area (Å²) < 4.78 is 11.1. The number of ether oxygens (including phenoxy) is 2. The Bertz CT molecular complexity index is 2730. The third kappa shape index (κ3) is 6.86. The number of azo groups is 1. The normalized spacial score (nSPS) is 24.0. The molecule has 2 aliphatic carbocycles. The number of phenolic OH excluding ortho intramolecular Hbond substituents is 1. The maximum absolute atomic E-state index is 15.6. The number of amides is 4. The second-order valence-corrected chi connectivity index (χ2v) is 17.1. The number of allylic oxidation sites excluding steroid dienone is 2. The van der Waals surface area contributed by atoms with Gasteiger partial charge in [0.05, 0.1) is 65.2 Å². The Hall–Kier alpha value is -6.70. The molecule has 4 amide bonds. The number of anilines is 3. The van der Waals surface area contributed by atoms with Crippen molar-refractivity contribution in [3.8, 4) is 17.2 Å². The van der Waals surface area contributed by atoms with Gasteiger partial charge in [-0.15, -0.1) is 0 Å². The van der Waals surface area contributed by atoms with Crippen molar-refractivity contribution >= 4 is 75.3 Å². The van der Waals surface area contributed by atoms with Gasteiger partial charge >= 0.3 is 0 Å². The number of hydrazine groups is 1. The molecule has 2 heterocycles. The Morgan fingerprint density at radius 3 is 2.05 bits per heavy atom. The SMILES string of the molecule is COc1ccc(C23C(=O)N(Nc4ccc(Cl)cc4Cl)C(=O)C2CC2C(=CCC4C(=O)N(c5ccc(N=Nc6ccc(N(C)C)cc6)cc5)C(=O)C42)C3c2cc(OC)ccc2O)cc1. The van der Waals surface area contributed by atoms with E-state index in [9.17, 15) is 14.7 Å². The molecule has 2 saturated heterocycles. The summed E-state index contributed by atoms with van der Waals surface area (Å²) in [6.07, 6.45) is 2.15. The molecule has 320 valence electrons. The standard InChI is InChI=1S/C48H42Cl2N6O7/c1-54(2)30-12-8-28(9-13-30)51-52-29-10-14-31(15-11-29)55-44(58)35-20-19-34-36(42(35)46(55)60)25-38-45(59)56(53-40-21-7-27(49)23-39(40)50)47(61)48(38,26-5-16-32(62-3)17-6-26)43(34)37-24-33(63-4)18-22-41(37)57/h5-19,21-24,35-36,38,42-43,53,57H,20,25H2,1-4H3. The molecule has 4 aliphatic rings. The maximum Gasteiger partial charge on any atom is 0.260 e. The van der Waals surface area contributed by atoms with Crippen LogP contribution in [0.4, 0.5) is 28.4 Å². The van der Waals surface area contributed by atoms with Crippen LogP contribution in [0.2, 0.25) is 10.0 Å². The van der Waals surface area contributed by atoms with Crippen LogP contribution in [0.15, 0.2) is 131 Å². The molecule has 63 heavy (non-hydrogen) atoms. The maximum atomic E-state index is 15.6. The van der Waals surface area contributed by atoms with Crippen LogP contribution in [-0.2, 0) is 24.6 Å². The van der Waals surface area contributed by atoms with Crippen LogP contribution in [0.1, 0.15) is 29.9 Å². The van der Waals surface area contributed by atoms with Gasteiger partial charge in [-0.25, -0.2) is 0 Å². The number of hydrogen-bond donors (Lipinski definition) is 2. The summed E-state index contributed by atoms with van der Waals surface area (Å²) in [6, 6.07) is 30.7. The van der Waals surface area contributed by atoms with E-state index in [2.05, 4.69) is 15.7 Å². The van der Waals surface area contributed by atoms with Crippen molar-refractivity contribution in [1.82, 2.24) is 5.01 Å². The molecular formula is C48H42Cl2N6O7. The number of benzene rings is 5. The highest BCUT2D eigenvalue weighted by atomic mass is 35.5. The van der Waals surface area contributed by atoms with E-state index >= 15 is 9.59 Å². The molecule has 6 unspecified atom stereocenters. The first kappa shape index (κ1) is 41.6. The number of nitrogens with zero attached hydrogens (tertiary/aromatic N) is 5. The summed E-state index contributed by atoms with van der Waals surface area (Å²) >= 11 is 12.8. The van der Waals surface area contributed by atoms with Crippen molar-refractivity contribution in [2.24, 2.45) is 33.9 Å². The molecule has 0 radical (unpaired) electrons. The zero-order chi connectivity index (χ0) is 44.3. The van der Waals surface area contributed by atoms with Crippen molar-refractivity contribution in [1.29, 1.82) is 0 Å². The molecule has 9 rings (SSSR count). The third-order valence-electron chi connectivity index (χ3n) is 12.9. The van der Waals surface area contributed by atoms with Gasteiger partial charge in [0, 0.05) is 36.3 Å². The molecule has 13 nitrogen and oxygen atoms in total. The fourth-order valence-electron chi connectivity index (χ4n) is 9.93. The second kappa shape index (κ2) is 16.2. The monoisotopic (exact) mass is 884 g/mol. The van der Waals surface area contributed by atoms with Crippen molar-refractivity contribution in [2.75, 3.05) is 43.5 Å². The molecule has 15 heteroatoms. The van der Waals surface area contributed by atoms with E-state index in [0.29, 0.717) is 50.3 Å². The van der Waals surface area contributed by atoms with Gasteiger partial charge in [-0.3, -0.25) is 29.5 Å². The quantitative estimate of drug-likeness (QED) is 0.0794. The minimum Gasteiger partial charge on any atom is -0.508 e. The number of carbonyl (C=O) groups excluding carboxylic acids is 4. The number of methoxy groups -OCH3 is 2. The lowest BCUT2D eigenvalue weighted by Crippen LogP contribution is -2.53. The van der Waals surface area contributed by atoms with Gasteiger partial charge in [0.1, 0.15) is 17.2 Å². The van der Waals surface area contributed by atoms with Crippen molar-refractivity contribution in [3.63, 3.8) is 0 Å². The van der Waals surface area contributed by atoms with Gasteiger partial charge in [-0.2, -0.15) is 15.2 Å². The van der Waals surface area contributed by atoms with Crippen LogP contribution in [0, 0.1) is 23.7 Å². The number of nitrogens with one attached hydrogen (secondary N) is 1. The van der Waals surface area contributed by atoms with E-state index in [4.69, 9.17) is 32.7 Å². The first-order chi connectivity index (χ1) is 30.3. The Labute approximate surface area is 373 Å². The summed E-state index contributed by atoms with van der Waals surface area (Å²) in [5, 5.41) is 22.0. The number of halogens is 2. The van der Waals surface area contributed by atoms with E-state index in [-0.39, 0.29) is 35.2 Å². The first-order valence-electron chi connectivity index (χ1n) is 20.3. The van der Waals surface area contributed by atoms with E-state index in [1.807, 2.05) is 49.3 Å². The number of hydrogen-bond acceptors (Lipinski definition) is 11. The van der Waals surface area contributed by atoms with E-state index in [0.717, 1.165) is 10.7 Å². The zero-order valence-corrected chi connectivity index (χ0v) is 36.2. The molecule has 5 aromatic carbocycles. The molecule has 0 aromatic heterocycles. The Balaban J connectivity index is 1.13. The Morgan fingerprint density at radius 2 is 1.41 bits per heavy atom. The molecule has 0 bridgehead atoms. The highest BCUT2D eigenvalue weighted by molar-refractivity contribution is 6.36. The van der Waals surface area contributed by atoms with E-state index in [1.165, 1.54) is 31.3 Å². The molecule has 2 N–H and O–H groups in total. The van der Waals surface area contributed by atoms with Crippen LogP contribution < -0.4 is 24.7 Å². The van der Waals surface area contributed by atoms with Gasteiger partial charge < -0.3 is 19.5 Å². The zero-order valence-electron chi connectivity index (χ0n) is 34.7. The highest BCUT2D eigenvalue weighted by Crippen LogP contribution is 2.65. The van der Waals surface area contributed by atoms with Crippen LogP contribution in [0.3, 0.4) is 0 Å². The summed E-state index contributed by atoms with van der Waals surface area (Å²) in [5.41, 5.74) is 5.67. The average Bonchev–Trinajstić information content (AvgIpc) is 3.67. The van der Waals surface area contributed by atoms with E-state index in [1.54, 1.807) is 72.8 Å². The number of carbonyl (C=O) groups is 4. The lowest BCUT2D eigenvalue weighted by atomic mass is 9.49. The lowest BCUT2D eigenvalue weighted by Gasteiger charge is -2.50. The Morgan fingerprint density at radius 1 is 0.762 bits per heavy atom. The third-order valence-corrected chi connectivity index (χ3v) is 13.4. The smallest absolute Gasteiger partial charge is 0.260 e. The molecule has 5 aromatic rings. The van der Waals surface area contributed by atoms with Gasteiger partial charge in [0.25, 0.3) is 11.8 Å². The lowest BCUT2D eigenvalue weighted by molar-refractivity contribution is -0.138. The summed E-state index contributed by atoms with van der Waals surface area (Å²) in [5.74, 6) is -5.53. The van der Waals surface area contributed by atoms with E-state index < -0.39 is 52.7 Å². The highest BCUT2D eigenvalue weighted by Gasteiger charge is 2.70. The van der Waals surface area contributed by atoms with Crippen LogP contribution >= 0.6 is 23.2 Å². The van der Waals surface area contributed by atoms with Gasteiger partial charge in [-0.1, -0.05) is 47.0 Å². The summed E-state index contributed by atoms with van der Waals surface area (Å²) in [6.45, 7) is 0. The molecular weight excluding hydrogens is 843 g/mol. The molecule has 0 spiro atoms. The number of aromatic hydroxyl groups is 1. The predicted octanol–water partition coefficient (Wildman–Crippen LogP) is 9.39. The van der Waals surface area contributed by atoms with Crippen LogP contribution in [0.25, 0.3) is 0 Å². The topological polar surface area (TPSA) is 153 Å². The first-order valence-corrected chi connectivity index (χ1v) is 21.1. The predicted molar refractivity (Wildman–Crippen MR) is 239 cm³/mol. The van der Waals surface area contributed by atoms with Gasteiger partial charge in [-0.05, 0) is 121 Å². The molecule has 3 fully saturated rings. The van der Waals surface area contributed by atoms with Crippen LogP contribution in [0.5, 0.6) is 17.2 Å². The van der Waals surface area contributed by atoms with Gasteiger partial charge in [0.15, 0.2) is 0 Å². The molecule has 2 aliphatic heterocycles. The summed E-state index contributed by atoms with van der Waals surface area (Å²) in [4.78, 5) is 63.1. The number of rotatable bonds is 10. The van der Waals surface area contributed by atoms with Gasteiger partial charge in [0.2, 0.25) is 11.8 Å². The number of phenols is 1. The molecule has 6 atom stereocenters. The Kier molecular flexibility index (Phi) is 10.7. The number of fused-ring (bicyclic) bond motifs is 4. The second-order valence-electron chi connectivity index (χ2n) is 16.3.